The van der Waals surface area contributed by atoms with Gasteiger partial charge in [0.15, 0.2) is 0 Å². The van der Waals surface area contributed by atoms with E-state index >= 15 is 0 Å². The zero-order valence-electron chi connectivity index (χ0n) is 25.8. The van der Waals surface area contributed by atoms with Crippen LogP contribution in [0.2, 0.25) is 0 Å². The maximum absolute atomic E-state index is 12.4. The SMILES string of the molecule is CCCCCCCCCCCCCCC(C(=O)O)C(CCCCCCCCCCCCCC)(C(=O)O)S(=O)(=O)O.[LiH]. The fourth-order valence-corrected chi connectivity index (χ4v) is 7.02. The number of carboxylic acids is 2. The van der Waals surface area contributed by atoms with E-state index in [0.717, 1.165) is 51.4 Å². The van der Waals surface area contributed by atoms with Gasteiger partial charge in [0.2, 0.25) is 4.75 Å². The van der Waals surface area contributed by atoms with Crippen LogP contribution in [0.4, 0.5) is 0 Å². The van der Waals surface area contributed by atoms with Gasteiger partial charge in [-0.2, -0.15) is 8.42 Å². The van der Waals surface area contributed by atoms with Gasteiger partial charge in [-0.25, -0.2) is 0 Å². The van der Waals surface area contributed by atoms with Crippen LogP contribution in [0.1, 0.15) is 181 Å². The van der Waals surface area contributed by atoms with E-state index in [1.54, 1.807) is 0 Å². The first-order valence-corrected chi connectivity index (χ1v) is 18.0. The molecule has 0 aromatic rings. The first-order chi connectivity index (χ1) is 19.1. The van der Waals surface area contributed by atoms with Crippen molar-refractivity contribution in [2.75, 3.05) is 0 Å². The van der Waals surface area contributed by atoms with Gasteiger partial charge in [-0.1, -0.05) is 168 Å². The summed E-state index contributed by atoms with van der Waals surface area (Å²) in [5.74, 6) is -4.90. The third kappa shape index (κ3) is 19.4. The number of hydrogen-bond acceptors (Lipinski definition) is 4. The molecule has 0 aromatic heterocycles. The van der Waals surface area contributed by atoms with Gasteiger partial charge in [-0.05, 0) is 12.8 Å². The van der Waals surface area contributed by atoms with Crippen molar-refractivity contribution in [3.63, 3.8) is 0 Å². The molecule has 0 heterocycles. The Hall–Kier alpha value is -0.553. The average Bonchev–Trinajstić information content (AvgIpc) is 2.89. The quantitative estimate of drug-likeness (QED) is 0.0427. The molecule has 2 unspecified atom stereocenters. The van der Waals surface area contributed by atoms with E-state index in [1.807, 2.05) is 0 Å². The Balaban J connectivity index is 0. The van der Waals surface area contributed by atoms with Gasteiger partial charge in [0.1, 0.15) is 0 Å². The molecule has 7 nitrogen and oxygen atoms in total. The average molecular weight is 599 g/mol. The van der Waals surface area contributed by atoms with Crippen LogP contribution in [0, 0.1) is 5.92 Å². The van der Waals surface area contributed by atoms with Gasteiger partial charge in [-0.3, -0.25) is 14.1 Å². The summed E-state index contributed by atoms with van der Waals surface area (Å²) < 4.78 is 32.1. The molecule has 0 bridgehead atoms. The zero-order chi connectivity index (χ0) is 30.1. The van der Waals surface area contributed by atoms with E-state index in [4.69, 9.17) is 0 Å². The van der Waals surface area contributed by atoms with Crippen molar-refractivity contribution in [3.05, 3.63) is 0 Å². The second-order valence-corrected chi connectivity index (χ2v) is 13.6. The predicted molar refractivity (Wildman–Crippen MR) is 172 cm³/mol. The Labute approximate surface area is 264 Å². The van der Waals surface area contributed by atoms with Crippen LogP contribution in [0.5, 0.6) is 0 Å². The van der Waals surface area contributed by atoms with E-state index in [2.05, 4.69) is 13.8 Å². The second kappa shape index (κ2) is 27.0. The van der Waals surface area contributed by atoms with E-state index in [1.165, 1.54) is 83.5 Å². The minimum absolute atomic E-state index is 0. The van der Waals surface area contributed by atoms with Crippen LogP contribution in [0.25, 0.3) is 0 Å². The summed E-state index contributed by atoms with van der Waals surface area (Å²) >= 11 is 0. The summed E-state index contributed by atoms with van der Waals surface area (Å²) in [6.07, 6.45) is 25.2. The minimum atomic E-state index is -5.13. The Bertz CT molecular complexity index is 744. The molecule has 0 amide bonds. The molecule has 0 fully saturated rings. The molecular weight excluding hydrogens is 535 g/mol. The van der Waals surface area contributed by atoms with E-state index in [9.17, 15) is 32.8 Å². The first kappa shape index (κ1) is 42.6. The molecule has 0 saturated carbocycles. The summed E-state index contributed by atoms with van der Waals surface area (Å²) in [7, 11) is -5.13. The zero-order valence-corrected chi connectivity index (χ0v) is 26.7. The van der Waals surface area contributed by atoms with Gasteiger partial charge in [0, 0.05) is 0 Å². The van der Waals surface area contributed by atoms with Crippen molar-refractivity contribution in [1.82, 2.24) is 0 Å². The van der Waals surface area contributed by atoms with E-state index in [-0.39, 0.29) is 38.1 Å². The van der Waals surface area contributed by atoms with Crippen molar-refractivity contribution in [2.45, 2.75) is 186 Å². The molecular formula is C32H63LiO7S. The number of aliphatic carboxylic acids is 2. The van der Waals surface area contributed by atoms with Crippen molar-refractivity contribution >= 4 is 40.9 Å². The Morgan fingerprint density at radius 2 is 0.854 bits per heavy atom. The summed E-state index contributed by atoms with van der Waals surface area (Å²) in [6, 6.07) is 0. The molecule has 2 atom stereocenters. The Morgan fingerprint density at radius 3 is 1.12 bits per heavy atom. The number of carbonyl (C=O) groups is 2. The monoisotopic (exact) mass is 598 g/mol. The fourth-order valence-electron chi connectivity index (χ4n) is 5.82. The van der Waals surface area contributed by atoms with Gasteiger partial charge in [-0.15, -0.1) is 0 Å². The van der Waals surface area contributed by atoms with Gasteiger partial charge >= 0.3 is 30.8 Å². The van der Waals surface area contributed by atoms with Crippen LogP contribution in [-0.4, -0.2) is 58.7 Å². The summed E-state index contributed by atoms with van der Waals surface area (Å²) in [4.78, 5) is 24.4. The standard InChI is InChI=1S/C32H62O7S.Li.H/c1-3-5-7-9-11-13-15-17-19-21-23-25-27-29(30(33)34)32(31(35)36,40(37,38)39)28-26-24-22-20-18-16-14-12-10-8-6-4-2;;/h29H,3-28H2,1-2H3,(H,33,34)(H,35,36)(H,37,38,39);;. The Morgan fingerprint density at radius 1 is 0.561 bits per heavy atom. The van der Waals surface area contributed by atoms with Gasteiger partial charge in [0.05, 0.1) is 5.92 Å². The van der Waals surface area contributed by atoms with Crippen molar-refractivity contribution in [3.8, 4) is 0 Å². The molecule has 0 aliphatic heterocycles. The maximum atomic E-state index is 12.4. The van der Waals surface area contributed by atoms with Crippen molar-refractivity contribution < 1.29 is 32.8 Å². The molecule has 0 aromatic carbocycles. The molecule has 0 aliphatic rings. The van der Waals surface area contributed by atoms with Gasteiger partial charge in [0.25, 0.3) is 10.1 Å². The molecule has 0 radical (unpaired) electrons. The third-order valence-electron chi connectivity index (χ3n) is 8.43. The number of hydrogen-bond donors (Lipinski definition) is 3. The number of rotatable bonds is 30. The molecule has 0 aliphatic carbocycles. The van der Waals surface area contributed by atoms with Crippen LogP contribution in [0.3, 0.4) is 0 Å². The van der Waals surface area contributed by atoms with Crippen LogP contribution in [-0.2, 0) is 19.7 Å². The molecule has 0 rings (SSSR count). The second-order valence-electron chi connectivity index (χ2n) is 11.9. The van der Waals surface area contributed by atoms with Crippen molar-refractivity contribution in [1.29, 1.82) is 0 Å². The van der Waals surface area contributed by atoms with Gasteiger partial charge < -0.3 is 10.2 Å². The Kier molecular flexibility index (Phi) is 28.1. The van der Waals surface area contributed by atoms with Crippen LogP contribution in [0.15, 0.2) is 0 Å². The summed E-state index contributed by atoms with van der Waals surface area (Å²) in [6.45, 7) is 4.42. The van der Waals surface area contributed by atoms with E-state index in [0.29, 0.717) is 12.8 Å². The topological polar surface area (TPSA) is 129 Å². The first-order valence-electron chi connectivity index (χ1n) is 16.6. The molecule has 0 saturated heterocycles. The molecule has 0 spiro atoms. The van der Waals surface area contributed by atoms with E-state index < -0.39 is 32.7 Å². The summed E-state index contributed by atoms with van der Waals surface area (Å²) in [5, 5.41) is 19.8. The molecule has 3 N–H and O–H groups in total. The van der Waals surface area contributed by atoms with Crippen LogP contribution >= 0.6 is 0 Å². The molecule has 240 valence electrons. The predicted octanol–water partition coefficient (Wildman–Crippen LogP) is 8.93. The molecule has 41 heavy (non-hydrogen) atoms. The van der Waals surface area contributed by atoms with Crippen molar-refractivity contribution in [2.24, 2.45) is 5.92 Å². The number of carboxylic acid groups (broad SMARTS) is 2. The fraction of sp³-hybridized carbons (Fsp3) is 0.938. The molecule has 9 heteroatoms. The normalized spacial score (nSPS) is 13.8. The van der Waals surface area contributed by atoms with Crippen LogP contribution < -0.4 is 0 Å². The number of unbranched alkanes of at least 4 members (excludes halogenated alkanes) is 22. The summed E-state index contributed by atoms with van der Waals surface area (Å²) in [5.41, 5.74) is 0. The third-order valence-corrected chi connectivity index (χ3v) is 10.0.